The number of carbonyl (C=O) groups is 1. The number of amides is 1. The fourth-order valence-electron chi connectivity index (χ4n) is 2.10. The predicted molar refractivity (Wildman–Crippen MR) is 62.3 cm³/mol. The van der Waals surface area contributed by atoms with Crippen LogP contribution >= 0.6 is 0 Å². The number of hydrogen-bond donors (Lipinski definition) is 2. The molecule has 2 heterocycles. The highest BCUT2D eigenvalue weighted by molar-refractivity contribution is 5.90. The average Bonchev–Trinajstić information content (AvgIpc) is 2.72. The zero-order valence-electron chi connectivity index (χ0n) is 9.96. The number of hydrogen-bond acceptors (Lipinski definition) is 4. The Morgan fingerprint density at radius 1 is 1.65 bits per heavy atom. The van der Waals surface area contributed by atoms with Crippen molar-refractivity contribution in [2.45, 2.75) is 20.0 Å². The minimum atomic E-state index is -0.484. The molecule has 1 aromatic rings. The Morgan fingerprint density at radius 3 is 3.06 bits per heavy atom. The van der Waals surface area contributed by atoms with Crippen molar-refractivity contribution in [3.8, 4) is 0 Å². The van der Waals surface area contributed by atoms with Gasteiger partial charge in [-0.25, -0.2) is 0 Å². The Morgan fingerprint density at radius 2 is 2.41 bits per heavy atom. The Labute approximate surface area is 100 Å². The third-order valence-corrected chi connectivity index (χ3v) is 3.01. The molecule has 1 aromatic heterocycles. The monoisotopic (exact) mass is 238 g/mol. The zero-order valence-corrected chi connectivity index (χ0v) is 9.96. The van der Waals surface area contributed by atoms with Crippen molar-refractivity contribution < 1.29 is 9.90 Å². The summed E-state index contributed by atoms with van der Waals surface area (Å²) < 4.78 is 1.83. The molecule has 1 unspecified atom stereocenters. The smallest absolute Gasteiger partial charge is 0.269 e. The predicted octanol–water partition coefficient (Wildman–Crippen LogP) is -0.574. The molecule has 0 bridgehead atoms. The molecule has 0 saturated heterocycles. The molecule has 2 rings (SSSR count). The van der Waals surface area contributed by atoms with Crippen LogP contribution in [0.15, 0.2) is 6.07 Å². The second-order valence-corrected chi connectivity index (χ2v) is 4.63. The van der Waals surface area contributed by atoms with E-state index in [1.807, 2.05) is 11.6 Å². The molecule has 6 nitrogen and oxygen atoms in total. The average molecular weight is 238 g/mol. The van der Waals surface area contributed by atoms with Crippen LogP contribution in [0.25, 0.3) is 0 Å². The first-order valence-electron chi connectivity index (χ1n) is 5.80. The molecule has 0 radical (unpaired) electrons. The van der Waals surface area contributed by atoms with Gasteiger partial charge in [-0.15, -0.1) is 0 Å². The van der Waals surface area contributed by atoms with Gasteiger partial charge in [0.2, 0.25) is 0 Å². The van der Waals surface area contributed by atoms with Gasteiger partial charge in [-0.1, -0.05) is 6.92 Å². The molecule has 6 heteroatoms. The van der Waals surface area contributed by atoms with E-state index in [0.717, 1.165) is 31.9 Å². The van der Waals surface area contributed by atoms with Crippen molar-refractivity contribution in [1.29, 1.82) is 0 Å². The summed E-state index contributed by atoms with van der Waals surface area (Å²) in [7, 11) is 0. The number of aliphatic hydroxyl groups is 1. The van der Waals surface area contributed by atoms with Crippen molar-refractivity contribution in [2.24, 2.45) is 11.7 Å². The van der Waals surface area contributed by atoms with Crippen molar-refractivity contribution >= 4 is 5.91 Å². The third-order valence-electron chi connectivity index (χ3n) is 3.01. The number of carbonyl (C=O) groups excluding carboxylic acids is 1. The van der Waals surface area contributed by atoms with E-state index in [1.165, 1.54) is 0 Å². The quantitative estimate of drug-likeness (QED) is 0.735. The SMILES string of the molecule is CC(CO)CN1CCn2nc(C(N)=O)cc2C1. The van der Waals surface area contributed by atoms with Crippen LogP contribution in [0.5, 0.6) is 0 Å². The first-order valence-corrected chi connectivity index (χ1v) is 5.80. The molecular formula is C11H18N4O2. The summed E-state index contributed by atoms with van der Waals surface area (Å²) in [5.41, 5.74) is 6.54. The number of nitrogens with zero attached hydrogens (tertiary/aromatic N) is 3. The normalized spacial score (nSPS) is 17.8. The van der Waals surface area contributed by atoms with Gasteiger partial charge < -0.3 is 10.8 Å². The third kappa shape index (κ3) is 2.65. The van der Waals surface area contributed by atoms with Crippen LogP contribution in [0, 0.1) is 5.92 Å². The van der Waals surface area contributed by atoms with Crippen LogP contribution in [0.4, 0.5) is 0 Å². The van der Waals surface area contributed by atoms with E-state index < -0.39 is 5.91 Å². The number of aliphatic hydroxyl groups excluding tert-OH is 1. The summed E-state index contributed by atoms with van der Waals surface area (Å²) in [5.74, 6) is -0.220. The number of nitrogens with two attached hydrogens (primary N) is 1. The number of rotatable bonds is 4. The van der Waals surface area contributed by atoms with Gasteiger partial charge in [-0.2, -0.15) is 5.10 Å². The van der Waals surface area contributed by atoms with E-state index in [-0.39, 0.29) is 12.5 Å². The molecule has 0 spiro atoms. The summed E-state index contributed by atoms with van der Waals surface area (Å²) >= 11 is 0. The van der Waals surface area contributed by atoms with E-state index >= 15 is 0 Å². The highest BCUT2D eigenvalue weighted by Crippen LogP contribution is 2.14. The molecular weight excluding hydrogens is 220 g/mol. The van der Waals surface area contributed by atoms with E-state index in [1.54, 1.807) is 6.07 Å². The van der Waals surface area contributed by atoms with Crippen molar-refractivity contribution in [2.75, 3.05) is 19.7 Å². The summed E-state index contributed by atoms with van der Waals surface area (Å²) in [6.45, 7) is 5.47. The van der Waals surface area contributed by atoms with Crippen LogP contribution in [0.1, 0.15) is 23.1 Å². The molecule has 17 heavy (non-hydrogen) atoms. The van der Waals surface area contributed by atoms with Crippen LogP contribution in [0.2, 0.25) is 0 Å². The minimum Gasteiger partial charge on any atom is -0.396 e. The highest BCUT2D eigenvalue weighted by atomic mass is 16.3. The maximum absolute atomic E-state index is 11.0. The van der Waals surface area contributed by atoms with Crippen molar-refractivity contribution in [3.63, 3.8) is 0 Å². The minimum absolute atomic E-state index is 0.197. The largest absolute Gasteiger partial charge is 0.396 e. The van der Waals surface area contributed by atoms with Gasteiger partial charge in [0.1, 0.15) is 5.69 Å². The maximum Gasteiger partial charge on any atom is 0.269 e. The fourth-order valence-corrected chi connectivity index (χ4v) is 2.10. The van der Waals surface area contributed by atoms with Gasteiger partial charge in [0.05, 0.1) is 12.2 Å². The second-order valence-electron chi connectivity index (χ2n) is 4.63. The van der Waals surface area contributed by atoms with Gasteiger partial charge in [-0.3, -0.25) is 14.4 Å². The second kappa shape index (κ2) is 4.85. The Balaban J connectivity index is 2.05. The Bertz CT molecular complexity index is 416. The van der Waals surface area contributed by atoms with Gasteiger partial charge >= 0.3 is 0 Å². The lowest BCUT2D eigenvalue weighted by Gasteiger charge is -2.29. The molecule has 1 atom stereocenters. The van der Waals surface area contributed by atoms with Gasteiger partial charge in [0.15, 0.2) is 0 Å². The Kier molecular flexibility index (Phi) is 3.44. The van der Waals surface area contributed by atoms with E-state index in [4.69, 9.17) is 10.8 Å². The fraction of sp³-hybridized carbons (Fsp3) is 0.636. The molecule has 0 saturated carbocycles. The maximum atomic E-state index is 11.0. The summed E-state index contributed by atoms with van der Waals surface area (Å²) in [6.07, 6.45) is 0. The highest BCUT2D eigenvalue weighted by Gasteiger charge is 2.20. The summed E-state index contributed by atoms with van der Waals surface area (Å²) in [5, 5.41) is 13.2. The lowest BCUT2D eigenvalue weighted by molar-refractivity contribution is 0.0994. The Hall–Kier alpha value is -1.40. The standard InChI is InChI=1S/C11H18N4O2/c1-8(7-16)5-14-2-3-15-9(6-14)4-10(13-15)11(12)17/h4,8,16H,2-3,5-7H2,1H3,(H2,12,17). The van der Waals surface area contributed by atoms with Crippen LogP contribution in [-0.2, 0) is 13.1 Å². The summed E-state index contributed by atoms with van der Waals surface area (Å²) in [6, 6.07) is 1.75. The van der Waals surface area contributed by atoms with Gasteiger partial charge in [-0.05, 0) is 12.0 Å². The van der Waals surface area contributed by atoms with Gasteiger partial charge in [0, 0.05) is 26.2 Å². The zero-order chi connectivity index (χ0) is 12.4. The van der Waals surface area contributed by atoms with Crippen molar-refractivity contribution in [3.05, 3.63) is 17.5 Å². The van der Waals surface area contributed by atoms with Gasteiger partial charge in [0.25, 0.3) is 5.91 Å². The number of fused-ring (bicyclic) bond motifs is 1. The van der Waals surface area contributed by atoms with Crippen LogP contribution in [0.3, 0.4) is 0 Å². The van der Waals surface area contributed by atoms with Crippen molar-refractivity contribution in [1.82, 2.24) is 14.7 Å². The topological polar surface area (TPSA) is 84.4 Å². The van der Waals surface area contributed by atoms with Crippen LogP contribution < -0.4 is 5.73 Å². The molecule has 1 aliphatic rings. The number of aromatic nitrogens is 2. The molecule has 94 valence electrons. The van der Waals surface area contributed by atoms with E-state index in [2.05, 4.69) is 10.00 Å². The lowest BCUT2D eigenvalue weighted by atomic mass is 10.1. The van der Waals surface area contributed by atoms with E-state index in [0.29, 0.717) is 5.69 Å². The van der Waals surface area contributed by atoms with Crippen LogP contribution in [-0.4, -0.2) is 45.4 Å². The summed E-state index contributed by atoms with van der Waals surface area (Å²) in [4.78, 5) is 13.3. The molecule has 0 aromatic carbocycles. The van der Waals surface area contributed by atoms with E-state index in [9.17, 15) is 4.79 Å². The molecule has 0 fully saturated rings. The number of primary amides is 1. The molecule has 0 aliphatic carbocycles. The lowest BCUT2D eigenvalue weighted by Crippen LogP contribution is -2.37. The molecule has 1 aliphatic heterocycles. The molecule has 3 N–H and O–H groups in total. The first-order chi connectivity index (χ1) is 8.10. The molecule has 1 amide bonds. The first kappa shape index (κ1) is 12.1.